The predicted octanol–water partition coefficient (Wildman–Crippen LogP) is 0.974. The van der Waals surface area contributed by atoms with E-state index < -0.39 is 0 Å². The molecule has 0 aliphatic heterocycles. The van der Waals surface area contributed by atoms with Crippen molar-refractivity contribution in [1.29, 1.82) is 0 Å². The highest BCUT2D eigenvalue weighted by atomic mass is 16.5. The molecule has 0 fully saturated rings. The molecule has 0 saturated heterocycles. The molecule has 18 heavy (non-hydrogen) atoms. The first-order valence-corrected chi connectivity index (χ1v) is 5.71. The Kier molecular flexibility index (Phi) is 4.14. The zero-order valence-corrected chi connectivity index (χ0v) is 10.4. The topological polar surface area (TPSA) is 72.8 Å². The van der Waals surface area contributed by atoms with Gasteiger partial charge in [-0.15, -0.1) is 0 Å². The highest BCUT2D eigenvalue weighted by Crippen LogP contribution is 2.24. The molecule has 0 bridgehead atoms. The molecule has 0 saturated carbocycles. The fraction of sp³-hybridized carbons (Fsp3) is 0.333. The third kappa shape index (κ3) is 2.60. The van der Waals surface area contributed by atoms with Gasteiger partial charge in [0.15, 0.2) is 0 Å². The summed E-state index contributed by atoms with van der Waals surface area (Å²) in [6.45, 7) is 2.81. The van der Waals surface area contributed by atoms with Crippen molar-refractivity contribution in [3.63, 3.8) is 0 Å². The Labute approximate surface area is 105 Å². The lowest BCUT2D eigenvalue weighted by atomic mass is 10.1. The number of ether oxygens (including phenoxy) is 1. The molecule has 1 atom stereocenters. The Morgan fingerprint density at radius 2 is 2.06 bits per heavy atom. The monoisotopic (exact) mass is 245 g/mol. The molecule has 0 aromatic carbocycles. The summed E-state index contributed by atoms with van der Waals surface area (Å²) in [5.41, 5.74) is 1.56. The number of hydrogen-bond acceptors (Lipinski definition) is 6. The summed E-state index contributed by atoms with van der Waals surface area (Å²) in [4.78, 5) is 16.7. The zero-order chi connectivity index (χ0) is 12.8. The minimum Gasteiger partial charge on any atom is -0.480 e. The van der Waals surface area contributed by atoms with Crippen molar-refractivity contribution in [2.45, 2.75) is 13.0 Å². The SMILES string of the molecule is CCNC(c1ccncn1)c1nccnc1OC. The van der Waals surface area contributed by atoms with Crippen molar-refractivity contribution in [3.05, 3.63) is 42.4 Å². The van der Waals surface area contributed by atoms with Gasteiger partial charge < -0.3 is 10.1 Å². The minimum atomic E-state index is -0.151. The molecular formula is C12H15N5O. The summed E-state index contributed by atoms with van der Waals surface area (Å²) in [5.74, 6) is 0.502. The van der Waals surface area contributed by atoms with Crippen LogP contribution in [0.25, 0.3) is 0 Å². The molecule has 0 aliphatic carbocycles. The first-order chi connectivity index (χ1) is 8.86. The molecular weight excluding hydrogens is 230 g/mol. The Bertz CT molecular complexity index is 491. The van der Waals surface area contributed by atoms with E-state index in [1.54, 1.807) is 25.7 Å². The lowest BCUT2D eigenvalue weighted by Crippen LogP contribution is -2.24. The summed E-state index contributed by atoms with van der Waals surface area (Å²) in [7, 11) is 1.58. The van der Waals surface area contributed by atoms with Gasteiger partial charge in [0.05, 0.1) is 18.8 Å². The van der Waals surface area contributed by atoms with Gasteiger partial charge in [0.2, 0.25) is 5.88 Å². The van der Waals surface area contributed by atoms with E-state index in [1.807, 2.05) is 13.0 Å². The first-order valence-electron chi connectivity index (χ1n) is 5.71. The van der Waals surface area contributed by atoms with Crippen LogP contribution in [-0.2, 0) is 0 Å². The molecule has 94 valence electrons. The molecule has 0 aliphatic rings. The van der Waals surface area contributed by atoms with Gasteiger partial charge in [-0.25, -0.2) is 15.0 Å². The van der Waals surface area contributed by atoms with Crippen molar-refractivity contribution >= 4 is 0 Å². The van der Waals surface area contributed by atoms with Crippen LogP contribution in [0.2, 0.25) is 0 Å². The molecule has 6 nitrogen and oxygen atoms in total. The van der Waals surface area contributed by atoms with Gasteiger partial charge in [0, 0.05) is 18.6 Å². The predicted molar refractivity (Wildman–Crippen MR) is 66.1 cm³/mol. The van der Waals surface area contributed by atoms with E-state index in [0.29, 0.717) is 5.88 Å². The molecule has 0 spiro atoms. The number of methoxy groups -OCH3 is 1. The largest absolute Gasteiger partial charge is 0.480 e. The molecule has 1 N–H and O–H groups in total. The second-order valence-electron chi connectivity index (χ2n) is 3.58. The molecule has 6 heteroatoms. The summed E-state index contributed by atoms with van der Waals surface area (Å²) >= 11 is 0. The van der Waals surface area contributed by atoms with Crippen LogP contribution in [0.15, 0.2) is 31.0 Å². The number of nitrogens with one attached hydrogen (secondary N) is 1. The molecule has 1 unspecified atom stereocenters. The fourth-order valence-corrected chi connectivity index (χ4v) is 1.71. The number of rotatable bonds is 5. The van der Waals surface area contributed by atoms with Gasteiger partial charge >= 0.3 is 0 Å². The van der Waals surface area contributed by atoms with Crippen LogP contribution < -0.4 is 10.1 Å². The number of aromatic nitrogens is 4. The van der Waals surface area contributed by atoms with Crippen molar-refractivity contribution in [2.24, 2.45) is 0 Å². The van der Waals surface area contributed by atoms with Crippen LogP contribution in [0.5, 0.6) is 5.88 Å². The highest BCUT2D eigenvalue weighted by Gasteiger charge is 2.20. The summed E-state index contributed by atoms with van der Waals surface area (Å²) in [6, 6.07) is 1.70. The maximum absolute atomic E-state index is 5.24. The Morgan fingerprint density at radius 1 is 1.22 bits per heavy atom. The molecule has 2 rings (SSSR count). The van der Waals surface area contributed by atoms with E-state index in [4.69, 9.17) is 4.74 Å². The van der Waals surface area contributed by atoms with Crippen LogP contribution in [0, 0.1) is 0 Å². The Morgan fingerprint density at radius 3 is 2.72 bits per heavy atom. The van der Waals surface area contributed by atoms with Crippen molar-refractivity contribution < 1.29 is 4.74 Å². The second kappa shape index (κ2) is 6.02. The normalized spacial score (nSPS) is 12.1. The fourth-order valence-electron chi connectivity index (χ4n) is 1.71. The van der Waals surface area contributed by atoms with Gasteiger partial charge in [-0.2, -0.15) is 0 Å². The maximum Gasteiger partial charge on any atom is 0.237 e. The van der Waals surface area contributed by atoms with E-state index in [-0.39, 0.29) is 6.04 Å². The van der Waals surface area contributed by atoms with Gasteiger partial charge in [-0.3, -0.25) is 4.98 Å². The van der Waals surface area contributed by atoms with Crippen LogP contribution in [-0.4, -0.2) is 33.6 Å². The Balaban J connectivity index is 2.41. The van der Waals surface area contributed by atoms with E-state index in [2.05, 4.69) is 25.3 Å². The van der Waals surface area contributed by atoms with Crippen LogP contribution in [0.4, 0.5) is 0 Å². The van der Waals surface area contributed by atoms with E-state index in [9.17, 15) is 0 Å². The highest BCUT2D eigenvalue weighted by molar-refractivity contribution is 5.28. The Hall–Kier alpha value is -2.08. The molecule has 0 radical (unpaired) electrons. The first kappa shape index (κ1) is 12.4. The van der Waals surface area contributed by atoms with Gasteiger partial charge in [0.1, 0.15) is 12.0 Å². The molecule has 2 aromatic heterocycles. The minimum absolute atomic E-state index is 0.151. The third-order valence-electron chi connectivity index (χ3n) is 2.47. The lowest BCUT2D eigenvalue weighted by molar-refractivity contribution is 0.382. The van der Waals surface area contributed by atoms with Gasteiger partial charge in [-0.05, 0) is 12.6 Å². The van der Waals surface area contributed by atoms with E-state index >= 15 is 0 Å². The van der Waals surface area contributed by atoms with Gasteiger partial charge in [0.25, 0.3) is 0 Å². The van der Waals surface area contributed by atoms with Crippen molar-refractivity contribution in [3.8, 4) is 5.88 Å². The molecule has 0 amide bonds. The van der Waals surface area contributed by atoms with Crippen LogP contribution in [0.1, 0.15) is 24.4 Å². The maximum atomic E-state index is 5.24. The number of nitrogens with zero attached hydrogens (tertiary/aromatic N) is 4. The smallest absolute Gasteiger partial charge is 0.237 e. The van der Waals surface area contributed by atoms with Gasteiger partial charge in [-0.1, -0.05) is 6.92 Å². The second-order valence-corrected chi connectivity index (χ2v) is 3.58. The van der Waals surface area contributed by atoms with Crippen LogP contribution >= 0.6 is 0 Å². The van der Waals surface area contributed by atoms with Crippen LogP contribution in [0.3, 0.4) is 0 Å². The summed E-state index contributed by atoms with van der Waals surface area (Å²) < 4.78 is 5.24. The average molecular weight is 245 g/mol. The van der Waals surface area contributed by atoms with E-state index in [0.717, 1.165) is 17.9 Å². The lowest BCUT2D eigenvalue weighted by Gasteiger charge is -2.17. The zero-order valence-electron chi connectivity index (χ0n) is 10.4. The van der Waals surface area contributed by atoms with Crippen molar-refractivity contribution in [2.75, 3.05) is 13.7 Å². The third-order valence-corrected chi connectivity index (χ3v) is 2.47. The quantitative estimate of drug-likeness (QED) is 0.846. The van der Waals surface area contributed by atoms with Crippen molar-refractivity contribution in [1.82, 2.24) is 25.3 Å². The summed E-state index contributed by atoms with van der Waals surface area (Å²) in [6.07, 6.45) is 6.47. The standard InChI is InChI=1S/C12H15N5O/c1-3-14-10(9-4-5-13-8-17-9)11-12(18-2)16-7-6-15-11/h4-8,10,14H,3H2,1-2H3. The number of hydrogen-bond donors (Lipinski definition) is 1. The summed E-state index contributed by atoms with van der Waals surface area (Å²) in [5, 5.41) is 3.32. The average Bonchev–Trinajstić information content (AvgIpc) is 2.46. The molecule has 2 aromatic rings. The van der Waals surface area contributed by atoms with E-state index in [1.165, 1.54) is 6.33 Å². The molecule has 2 heterocycles.